The second kappa shape index (κ2) is 5.42. The van der Waals surface area contributed by atoms with E-state index < -0.39 is 5.38 Å². The summed E-state index contributed by atoms with van der Waals surface area (Å²) in [6.45, 7) is 1.48. The highest BCUT2D eigenvalue weighted by atomic mass is 35.5. The minimum Gasteiger partial charge on any atom is -0.496 e. The van der Waals surface area contributed by atoms with E-state index in [9.17, 15) is 4.79 Å². The van der Waals surface area contributed by atoms with Crippen LogP contribution in [0, 0.1) is 0 Å². The Morgan fingerprint density at radius 3 is 2.67 bits per heavy atom. The molecule has 0 aliphatic heterocycles. The zero-order valence-electron chi connectivity index (χ0n) is 8.91. The summed E-state index contributed by atoms with van der Waals surface area (Å²) in [7, 11) is 1.58. The van der Waals surface area contributed by atoms with Crippen molar-refractivity contribution in [3.63, 3.8) is 0 Å². The van der Waals surface area contributed by atoms with Gasteiger partial charge >= 0.3 is 0 Å². The molecule has 0 spiro atoms. The lowest BCUT2D eigenvalue weighted by Crippen LogP contribution is -2.05. The summed E-state index contributed by atoms with van der Waals surface area (Å²) in [5.41, 5.74) is 0.765. The molecule has 1 rings (SSSR count). The zero-order valence-corrected chi connectivity index (χ0v) is 10.5. The predicted octanol–water partition coefficient (Wildman–Crippen LogP) is 3.29. The fourth-order valence-corrected chi connectivity index (χ4v) is 2.28. The van der Waals surface area contributed by atoms with Crippen molar-refractivity contribution in [2.45, 2.75) is 17.2 Å². The quantitative estimate of drug-likeness (QED) is 0.601. The van der Waals surface area contributed by atoms with Crippen molar-refractivity contribution in [3.8, 4) is 5.75 Å². The van der Waals surface area contributed by atoms with Crippen LogP contribution in [0.3, 0.4) is 0 Å². The van der Waals surface area contributed by atoms with Crippen LogP contribution in [0.2, 0.25) is 0 Å². The Balaban J connectivity index is 3.27. The first kappa shape index (κ1) is 12.4. The third-order valence-electron chi connectivity index (χ3n) is 2.08. The smallest absolute Gasteiger partial charge is 0.152 e. The number of thioether (sulfide) groups is 1. The molecule has 1 aromatic rings. The topological polar surface area (TPSA) is 26.3 Å². The second-order valence-corrected chi connectivity index (χ2v) is 4.33. The van der Waals surface area contributed by atoms with Crippen LogP contribution in [-0.4, -0.2) is 19.1 Å². The molecule has 0 N–H and O–H groups in total. The highest BCUT2D eigenvalue weighted by Crippen LogP contribution is 2.37. The average molecular weight is 245 g/mol. The number of rotatable bonds is 4. The number of carbonyl (C=O) groups is 1. The van der Waals surface area contributed by atoms with Gasteiger partial charge < -0.3 is 4.74 Å². The van der Waals surface area contributed by atoms with Crippen molar-refractivity contribution in [2.24, 2.45) is 0 Å². The van der Waals surface area contributed by atoms with Gasteiger partial charge in [0, 0.05) is 10.5 Å². The Morgan fingerprint density at radius 2 is 2.20 bits per heavy atom. The van der Waals surface area contributed by atoms with Crippen molar-refractivity contribution >= 4 is 29.1 Å². The van der Waals surface area contributed by atoms with Gasteiger partial charge in [-0.1, -0.05) is 6.07 Å². The molecule has 0 heterocycles. The van der Waals surface area contributed by atoms with Crippen LogP contribution in [0.25, 0.3) is 0 Å². The van der Waals surface area contributed by atoms with E-state index in [1.165, 1.54) is 6.92 Å². The van der Waals surface area contributed by atoms with Gasteiger partial charge in [-0.2, -0.15) is 0 Å². The van der Waals surface area contributed by atoms with Gasteiger partial charge in [0.2, 0.25) is 0 Å². The lowest BCUT2D eigenvalue weighted by molar-refractivity contribution is -0.116. The van der Waals surface area contributed by atoms with Gasteiger partial charge in [-0.25, -0.2) is 0 Å². The first-order valence-electron chi connectivity index (χ1n) is 4.47. The van der Waals surface area contributed by atoms with E-state index in [2.05, 4.69) is 0 Å². The van der Waals surface area contributed by atoms with E-state index in [1.807, 2.05) is 24.5 Å². The molecule has 0 bridgehead atoms. The molecule has 82 valence electrons. The number of hydrogen-bond donors (Lipinski definition) is 0. The minimum atomic E-state index is -0.636. The molecule has 4 heteroatoms. The monoisotopic (exact) mass is 244 g/mol. The van der Waals surface area contributed by atoms with E-state index in [0.717, 1.165) is 10.5 Å². The molecule has 0 fully saturated rings. The van der Waals surface area contributed by atoms with Gasteiger partial charge in [0.15, 0.2) is 5.78 Å². The van der Waals surface area contributed by atoms with Gasteiger partial charge in [-0.05, 0) is 25.3 Å². The number of ketones is 1. The molecular weight excluding hydrogens is 232 g/mol. The molecule has 1 unspecified atom stereocenters. The summed E-state index contributed by atoms with van der Waals surface area (Å²) in [5, 5.41) is -0.636. The van der Waals surface area contributed by atoms with E-state index >= 15 is 0 Å². The first-order valence-corrected chi connectivity index (χ1v) is 6.13. The summed E-state index contributed by atoms with van der Waals surface area (Å²) in [6.07, 6.45) is 1.95. The third kappa shape index (κ3) is 2.67. The number of Topliss-reactive ketones (excluding diaryl/α,β-unsaturated/α-hetero) is 1. The Labute approximate surface area is 99.0 Å². The van der Waals surface area contributed by atoms with Crippen LogP contribution in [-0.2, 0) is 4.79 Å². The van der Waals surface area contributed by atoms with Crippen molar-refractivity contribution in [1.29, 1.82) is 0 Å². The summed E-state index contributed by atoms with van der Waals surface area (Å²) in [4.78, 5) is 12.3. The molecule has 15 heavy (non-hydrogen) atoms. The fourth-order valence-electron chi connectivity index (χ4n) is 1.33. The summed E-state index contributed by atoms with van der Waals surface area (Å²) >= 11 is 7.62. The van der Waals surface area contributed by atoms with Gasteiger partial charge in [0.1, 0.15) is 11.1 Å². The number of halogens is 1. The molecule has 0 saturated heterocycles. The molecule has 0 aliphatic rings. The van der Waals surface area contributed by atoms with E-state index in [0.29, 0.717) is 5.75 Å². The van der Waals surface area contributed by atoms with Gasteiger partial charge in [-0.15, -0.1) is 23.4 Å². The Bertz CT molecular complexity index is 343. The highest BCUT2D eigenvalue weighted by Gasteiger charge is 2.21. The highest BCUT2D eigenvalue weighted by molar-refractivity contribution is 7.98. The van der Waals surface area contributed by atoms with Crippen LogP contribution < -0.4 is 4.74 Å². The van der Waals surface area contributed by atoms with Crippen molar-refractivity contribution in [3.05, 3.63) is 23.8 Å². The molecule has 0 amide bonds. The SMILES string of the molecule is COc1cccc(SC)c1C(Cl)C(C)=O. The lowest BCUT2D eigenvalue weighted by atomic mass is 10.1. The van der Waals surface area contributed by atoms with Crippen LogP contribution in [0.5, 0.6) is 5.75 Å². The number of carbonyl (C=O) groups excluding carboxylic acids is 1. The Morgan fingerprint density at radius 1 is 1.53 bits per heavy atom. The fraction of sp³-hybridized carbons (Fsp3) is 0.364. The van der Waals surface area contributed by atoms with E-state index in [4.69, 9.17) is 16.3 Å². The average Bonchev–Trinajstić information content (AvgIpc) is 2.26. The molecule has 0 aliphatic carbocycles. The number of benzene rings is 1. The molecule has 2 nitrogen and oxygen atoms in total. The molecule has 1 aromatic carbocycles. The van der Waals surface area contributed by atoms with Crippen molar-refractivity contribution < 1.29 is 9.53 Å². The summed E-state index contributed by atoms with van der Waals surface area (Å²) < 4.78 is 5.21. The predicted molar refractivity (Wildman–Crippen MR) is 64.1 cm³/mol. The standard InChI is InChI=1S/C11H13ClO2S/c1-7(13)11(12)10-8(14-2)5-4-6-9(10)15-3/h4-6,11H,1-3H3. The maximum Gasteiger partial charge on any atom is 0.152 e. The van der Waals surface area contributed by atoms with Crippen LogP contribution in [0.4, 0.5) is 0 Å². The molecule has 1 atom stereocenters. The van der Waals surface area contributed by atoms with E-state index in [1.54, 1.807) is 18.9 Å². The molecule has 0 saturated carbocycles. The van der Waals surface area contributed by atoms with Crippen molar-refractivity contribution in [1.82, 2.24) is 0 Å². The normalized spacial score (nSPS) is 12.3. The molecule has 0 radical (unpaired) electrons. The number of alkyl halides is 1. The maximum atomic E-state index is 11.3. The number of ether oxygens (including phenoxy) is 1. The van der Waals surface area contributed by atoms with E-state index in [-0.39, 0.29) is 5.78 Å². The lowest BCUT2D eigenvalue weighted by Gasteiger charge is -2.15. The van der Waals surface area contributed by atoms with Crippen LogP contribution in [0.15, 0.2) is 23.1 Å². The Kier molecular flexibility index (Phi) is 4.48. The summed E-state index contributed by atoms with van der Waals surface area (Å²) in [6, 6.07) is 5.63. The Hall–Kier alpha value is -0.670. The van der Waals surface area contributed by atoms with Crippen molar-refractivity contribution in [2.75, 3.05) is 13.4 Å². The summed E-state index contributed by atoms with van der Waals surface area (Å²) in [5.74, 6) is 0.591. The van der Waals surface area contributed by atoms with Gasteiger partial charge in [-0.3, -0.25) is 4.79 Å². The molecule has 0 aromatic heterocycles. The van der Waals surface area contributed by atoms with Gasteiger partial charge in [0.25, 0.3) is 0 Å². The first-order chi connectivity index (χ1) is 7.11. The van der Waals surface area contributed by atoms with Gasteiger partial charge in [0.05, 0.1) is 7.11 Å². The zero-order chi connectivity index (χ0) is 11.4. The van der Waals surface area contributed by atoms with Crippen LogP contribution >= 0.6 is 23.4 Å². The molecular formula is C11H13ClO2S. The third-order valence-corrected chi connectivity index (χ3v) is 3.40. The number of methoxy groups -OCH3 is 1. The largest absolute Gasteiger partial charge is 0.496 e. The minimum absolute atomic E-state index is 0.0727. The second-order valence-electron chi connectivity index (χ2n) is 3.05. The maximum absolute atomic E-state index is 11.3. The van der Waals surface area contributed by atoms with Crippen LogP contribution in [0.1, 0.15) is 17.9 Å². The number of hydrogen-bond acceptors (Lipinski definition) is 3.